The summed E-state index contributed by atoms with van der Waals surface area (Å²) in [4.78, 5) is 110. The van der Waals surface area contributed by atoms with Gasteiger partial charge < -0.3 is 42.6 Å². The maximum absolute atomic E-state index is 12.7. The van der Waals surface area contributed by atoms with E-state index in [1.54, 1.807) is 43.3 Å². The van der Waals surface area contributed by atoms with Crippen LogP contribution in [0.4, 0.5) is 0 Å². The van der Waals surface area contributed by atoms with E-state index in [1.807, 2.05) is 19.1 Å². The first-order valence-corrected chi connectivity index (χ1v) is 23.7. The van der Waals surface area contributed by atoms with E-state index in [-0.39, 0.29) is 63.6 Å². The van der Waals surface area contributed by atoms with Crippen molar-refractivity contribution in [1.29, 1.82) is 0 Å². The molecule has 0 aliphatic heterocycles. The number of benzene rings is 3. The number of carbonyl (C=O) groups is 9. The van der Waals surface area contributed by atoms with Gasteiger partial charge in [0, 0.05) is 31.4 Å². The summed E-state index contributed by atoms with van der Waals surface area (Å²) in [7, 11) is 0. The van der Waals surface area contributed by atoms with Crippen LogP contribution in [-0.4, -0.2) is 93.4 Å². The molecule has 0 aromatic heterocycles. The molecule has 0 aliphatic rings. The van der Waals surface area contributed by atoms with Crippen LogP contribution in [0.1, 0.15) is 123 Å². The molecule has 3 rings (SSSR count). The lowest BCUT2D eigenvalue weighted by Gasteiger charge is -2.28. The minimum Gasteiger partial charge on any atom is -0.494 e. The summed E-state index contributed by atoms with van der Waals surface area (Å²) in [5.41, 5.74) is 0.567. The van der Waals surface area contributed by atoms with E-state index < -0.39 is 72.0 Å². The van der Waals surface area contributed by atoms with Crippen LogP contribution in [0, 0.1) is 12.3 Å². The summed E-state index contributed by atoms with van der Waals surface area (Å²) in [5, 5.41) is 0. The highest BCUT2D eigenvalue weighted by Gasteiger charge is 2.31. The third-order valence-corrected chi connectivity index (χ3v) is 10.3. The smallest absolute Gasteiger partial charge is 0.343 e. The average molecular weight is 1000 g/mol. The molecule has 18 nitrogen and oxygen atoms in total. The molecule has 0 saturated heterocycles. The van der Waals surface area contributed by atoms with Crippen molar-refractivity contribution < 1.29 is 85.8 Å². The van der Waals surface area contributed by atoms with E-state index >= 15 is 0 Å². The SMILES string of the molecule is C=CC(=O)OCCCCCC(=O)OCC(C)(COC(=O)CCCCCOC(=O)C=C)COC(=O)CCC(=O)OC(=O)CCCCCOc1ccc(C(=O)Oc2ccc(OC(=O)c3ccc(C)cc3)cc2)cc1. The summed E-state index contributed by atoms with van der Waals surface area (Å²) in [5.74, 6) is -4.62. The molecule has 18 heteroatoms. The highest BCUT2D eigenvalue weighted by atomic mass is 16.6. The highest BCUT2D eigenvalue weighted by molar-refractivity contribution is 5.92. The molecule has 0 N–H and O–H groups in total. The Hall–Kier alpha value is -7.63. The molecule has 0 atom stereocenters. The monoisotopic (exact) mass is 1000 g/mol. The number of carbonyl (C=O) groups excluding carboxylic acids is 9. The Labute approximate surface area is 419 Å². The quantitative estimate of drug-likeness (QED) is 0.0136. The van der Waals surface area contributed by atoms with Gasteiger partial charge in [-0.3, -0.25) is 24.0 Å². The molecule has 0 radical (unpaired) electrons. The summed E-state index contributed by atoms with van der Waals surface area (Å²) in [6, 6.07) is 19.4. The number of hydrogen-bond donors (Lipinski definition) is 0. The van der Waals surface area contributed by atoms with Crippen LogP contribution in [0.5, 0.6) is 17.2 Å². The summed E-state index contributed by atoms with van der Waals surface area (Å²) < 4.78 is 47.5. The van der Waals surface area contributed by atoms with Crippen LogP contribution in [0.3, 0.4) is 0 Å². The first-order valence-electron chi connectivity index (χ1n) is 23.7. The predicted octanol–water partition coefficient (Wildman–Crippen LogP) is 8.44. The third-order valence-electron chi connectivity index (χ3n) is 10.3. The van der Waals surface area contributed by atoms with Crippen molar-refractivity contribution in [1.82, 2.24) is 0 Å². The molecule has 0 spiro atoms. The van der Waals surface area contributed by atoms with Crippen LogP contribution in [-0.2, 0) is 62.0 Å². The fraction of sp³-hybridized carbons (Fsp3) is 0.426. The lowest BCUT2D eigenvalue weighted by Crippen LogP contribution is -2.37. The maximum Gasteiger partial charge on any atom is 0.343 e. The van der Waals surface area contributed by atoms with Crippen molar-refractivity contribution in [2.24, 2.45) is 5.41 Å². The Bertz CT molecular complexity index is 2220. The number of aryl methyl sites for hydroxylation is 1. The summed E-state index contributed by atoms with van der Waals surface area (Å²) in [6.07, 6.45) is 6.13. The van der Waals surface area contributed by atoms with Crippen molar-refractivity contribution in [3.8, 4) is 17.2 Å². The Balaban J connectivity index is 1.31. The molecule has 3 aromatic rings. The molecule has 0 aliphatic carbocycles. The van der Waals surface area contributed by atoms with Gasteiger partial charge in [-0.1, -0.05) is 30.9 Å². The van der Waals surface area contributed by atoms with Crippen LogP contribution in [0.15, 0.2) is 98.1 Å². The van der Waals surface area contributed by atoms with E-state index in [1.165, 1.54) is 24.3 Å². The zero-order valence-electron chi connectivity index (χ0n) is 41.0. The summed E-state index contributed by atoms with van der Waals surface area (Å²) >= 11 is 0. The molecule has 0 bridgehead atoms. The van der Waals surface area contributed by atoms with E-state index in [0.29, 0.717) is 81.5 Å². The van der Waals surface area contributed by atoms with E-state index in [4.69, 9.17) is 42.6 Å². The van der Waals surface area contributed by atoms with Gasteiger partial charge in [-0.25, -0.2) is 19.2 Å². The van der Waals surface area contributed by atoms with Gasteiger partial charge in [-0.15, -0.1) is 0 Å². The number of hydrogen-bond acceptors (Lipinski definition) is 18. The van der Waals surface area contributed by atoms with Gasteiger partial charge in [0.2, 0.25) is 0 Å². The fourth-order valence-corrected chi connectivity index (χ4v) is 6.12. The Morgan fingerprint density at radius 1 is 0.431 bits per heavy atom. The van der Waals surface area contributed by atoms with E-state index in [9.17, 15) is 43.2 Å². The average Bonchev–Trinajstić information content (AvgIpc) is 3.37. The first-order chi connectivity index (χ1) is 34.6. The third kappa shape index (κ3) is 25.3. The molecule has 388 valence electrons. The van der Waals surface area contributed by atoms with Gasteiger partial charge in [-0.2, -0.15) is 0 Å². The second-order valence-corrected chi connectivity index (χ2v) is 16.8. The Kier molecular flexibility index (Phi) is 26.9. The second kappa shape index (κ2) is 33.0. The maximum atomic E-state index is 12.7. The number of ether oxygens (including phenoxy) is 9. The minimum absolute atomic E-state index is 0.0413. The topological polar surface area (TPSA) is 237 Å². The van der Waals surface area contributed by atoms with Gasteiger partial charge in [0.15, 0.2) is 0 Å². The van der Waals surface area contributed by atoms with Crippen molar-refractivity contribution in [2.75, 3.05) is 39.6 Å². The number of esters is 9. The Morgan fingerprint density at radius 3 is 1.24 bits per heavy atom. The van der Waals surface area contributed by atoms with Crippen molar-refractivity contribution in [2.45, 2.75) is 104 Å². The van der Waals surface area contributed by atoms with Gasteiger partial charge in [0.1, 0.15) is 37.1 Å². The molecule has 0 unspecified atom stereocenters. The van der Waals surface area contributed by atoms with Gasteiger partial charge >= 0.3 is 53.7 Å². The van der Waals surface area contributed by atoms with Crippen LogP contribution < -0.4 is 14.2 Å². The first kappa shape index (κ1) is 58.7. The predicted molar refractivity (Wildman–Crippen MR) is 259 cm³/mol. The van der Waals surface area contributed by atoms with Crippen molar-refractivity contribution >= 4 is 53.7 Å². The van der Waals surface area contributed by atoms with Gasteiger partial charge in [-0.05, 0) is 132 Å². The minimum atomic E-state index is -1.15. The highest BCUT2D eigenvalue weighted by Crippen LogP contribution is 2.23. The number of rotatable bonds is 34. The largest absolute Gasteiger partial charge is 0.494 e. The lowest BCUT2D eigenvalue weighted by atomic mass is 9.94. The zero-order chi connectivity index (χ0) is 52.6. The second-order valence-electron chi connectivity index (χ2n) is 16.8. The van der Waals surface area contributed by atoms with Gasteiger partial charge in [0.05, 0.1) is 49.2 Å². The fourth-order valence-electron chi connectivity index (χ4n) is 6.12. The molecule has 3 aromatic carbocycles. The number of unbranched alkanes of at least 4 members (excludes halogenated alkanes) is 6. The lowest BCUT2D eigenvalue weighted by molar-refractivity contribution is -0.165. The van der Waals surface area contributed by atoms with Gasteiger partial charge in [0.25, 0.3) is 0 Å². The van der Waals surface area contributed by atoms with Crippen LogP contribution in [0.25, 0.3) is 0 Å². The molecule has 0 amide bonds. The molecule has 0 fully saturated rings. The standard InChI is InChI=1S/C54H64O18/c1-5-45(55)65-34-14-7-10-16-47(57)67-36-54(4,37-68-48(58)17-11-8-15-35-66-46(56)6-2)38-69-49(59)31-32-51(61)72-50(60)18-12-9-13-33-64-42-25-23-41(24-26-42)53(63)71-44-29-27-43(28-30-44)70-52(62)40-21-19-39(3)20-22-40/h5-6,19-30H,1-2,7-18,31-38H2,3-4H3. The van der Waals surface area contributed by atoms with Crippen molar-refractivity contribution in [3.05, 3.63) is 115 Å². The van der Waals surface area contributed by atoms with Crippen LogP contribution >= 0.6 is 0 Å². The normalized spacial score (nSPS) is 10.7. The summed E-state index contributed by atoms with van der Waals surface area (Å²) in [6.45, 7) is 10.0. The van der Waals surface area contributed by atoms with Crippen LogP contribution in [0.2, 0.25) is 0 Å². The Morgan fingerprint density at radius 2 is 0.792 bits per heavy atom. The molecular formula is C54H64O18. The molecule has 0 heterocycles. The van der Waals surface area contributed by atoms with Crippen molar-refractivity contribution in [3.63, 3.8) is 0 Å². The molecule has 0 saturated carbocycles. The van der Waals surface area contributed by atoms with E-state index in [2.05, 4.69) is 13.2 Å². The molecule has 72 heavy (non-hydrogen) atoms. The van der Waals surface area contributed by atoms with E-state index in [0.717, 1.165) is 17.7 Å². The molecular weight excluding hydrogens is 937 g/mol. The zero-order valence-corrected chi connectivity index (χ0v) is 41.0.